The molecular weight excluding hydrogens is 307 g/mol. The van der Waals surface area contributed by atoms with E-state index in [1.807, 2.05) is 6.07 Å². The lowest BCUT2D eigenvalue weighted by Crippen LogP contribution is -2.40. The van der Waals surface area contributed by atoms with Crippen LogP contribution in [0.2, 0.25) is 0 Å². The fourth-order valence-electron chi connectivity index (χ4n) is 2.89. The summed E-state index contributed by atoms with van der Waals surface area (Å²) in [5, 5.41) is 0. The van der Waals surface area contributed by atoms with Gasteiger partial charge in [0.25, 0.3) is 0 Å². The Bertz CT molecular complexity index is 727. The number of amides is 2. The molecule has 1 saturated heterocycles. The molecule has 1 aliphatic rings. The van der Waals surface area contributed by atoms with E-state index in [1.54, 1.807) is 30.5 Å². The largest absolute Gasteiger partial charge is 0.283 e. The predicted octanol–water partition coefficient (Wildman–Crippen LogP) is 3.36. The number of rotatable bonds is 5. The summed E-state index contributed by atoms with van der Waals surface area (Å²) in [7, 11) is 0. The van der Waals surface area contributed by atoms with E-state index in [9.17, 15) is 14.0 Å². The first-order valence-corrected chi connectivity index (χ1v) is 8.18. The van der Waals surface area contributed by atoms with Gasteiger partial charge in [-0.05, 0) is 43.0 Å². The molecule has 0 bridgehead atoms. The molecule has 2 heterocycles. The van der Waals surface area contributed by atoms with Crippen LogP contribution in [0.3, 0.4) is 0 Å². The van der Waals surface area contributed by atoms with Gasteiger partial charge < -0.3 is 0 Å². The van der Waals surface area contributed by atoms with E-state index in [1.165, 1.54) is 11.0 Å². The molecule has 0 N–H and O–H groups in total. The zero-order chi connectivity index (χ0) is 16.9. The molecule has 3 rings (SSSR count). The second-order valence-electron chi connectivity index (χ2n) is 5.93. The van der Waals surface area contributed by atoms with E-state index in [0.717, 1.165) is 12.0 Å². The van der Waals surface area contributed by atoms with E-state index >= 15 is 0 Å². The fraction of sp³-hybridized carbons (Fsp3) is 0.316. The Morgan fingerprint density at radius 1 is 1.04 bits per heavy atom. The lowest BCUT2D eigenvalue weighted by molar-refractivity contribution is -0.147. The Kier molecular flexibility index (Phi) is 4.99. The first kappa shape index (κ1) is 16.3. The van der Waals surface area contributed by atoms with Crippen molar-refractivity contribution in [2.45, 2.75) is 32.1 Å². The Morgan fingerprint density at radius 3 is 2.46 bits per heavy atom. The van der Waals surface area contributed by atoms with Gasteiger partial charge in [0.05, 0.1) is 5.69 Å². The van der Waals surface area contributed by atoms with Gasteiger partial charge in [-0.15, -0.1) is 0 Å². The molecule has 0 radical (unpaired) electrons. The highest BCUT2D eigenvalue weighted by molar-refractivity contribution is 5.97. The van der Waals surface area contributed by atoms with Crippen molar-refractivity contribution >= 4 is 11.8 Å². The quantitative estimate of drug-likeness (QED) is 0.792. The highest BCUT2D eigenvalue weighted by Crippen LogP contribution is 2.20. The molecule has 0 unspecified atom stereocenters. The molecule has 0 aliphatic carbocycles. The third kappa shape index (κ3) is 3.67. The molecule has 124 valence electrons. The number of aryl methyl sites for hydroxylation is 1. The monoisotopic (exact) mass is 326 g/mol. The van der Waals surface area contributed by atoms with Gasteiger partial charge in [-0.25, -0.2) is 4.39 Å². The summed E-state index contributed by atoms with van der Waals surface area (Å²) >= 11 is 0. The van der Waals surface area contributed by atoms with E-state index in [4.69, 9.17) is 0 Å². The minimum atomic E-state index is -0.292. The normalized spacial score (nSPS) is 15.0. The third-order valence-electron chi connectivity index (χ3n) is 4.21. The number of likely N-dealkylation sites (tertiary alicyclic amines) is 1. The van der Waals surface area contributed by atoms with Gasteiger partial charge >= 0.3 is 0 Å². The van der Waals surface area contributed by atoms with Gasteiger partial charge in [-0.1, -0.05) is 18.2 Å². The molecule has 4 nitrogen and oxygen atoms in total. The van der Waals surface area contributed by atoms with Crippen LogP contribution in [0, 0.1) is 5.82 Å². The van der Waals surface area contributed by atoms with Crippen LogP contribution in [0.15, 0.2) is 42.6 Å². The van der Waals surface area contributed by atoms with Crippen molar-refractivity contribution in [2.24, 2.45) is 0 Å². The van der Waals surface area contributed by atoms with Gasteiger partial charge in [0.1, 0.15) is 5.82 Å². The lowest BCUT2D eigenvalue weighted by atomic mass is 10.1. The van der Waals surface area contributed by atoms with Crippen molar-refractivity contribution in [2.75, 3.05) is 6.54 Å². The minimum Gasteiger partial charge on any atom is -0.283 e. The van der Waals surface area contributed by atoms with E-state index in [0.29, 0.717) is 43.5 Å². The van der Waals surface area contributed by atoms with Gasteiger partial charge in [0.15, 0.2) is 0 Å². The number of benzene rings is 1. The number of carbonyl (C=O) groups is 2. The highest BCUT2D eigenvalue weighted by Gasteiger charge is 2.24. The third-order valence-corrected chi connectivity index (χ3v) is 4.21. The zero-order valence-corrected chi connectivity index (χ0v) is 13.4. The van der Waals surface area contributed by atoms with Crippen LogP contribution < -0.4 is 0 Å². The second kappa shape index (κ2) is 7.34. The molecule has 1 aromatic carbocycles. The molecule has 1 fully saturated rings. The van der Waals surface area contributed by atoms with Crippen molar-refractivity contribution in [3.8, 4) is 11.3 Å². The number of pyridine rings is 1. The molecule has 2 amide bonds. The molecular formula is C19H19FN2O2. The van der Waals surface area contributed by atoms with Crippen molar-refractivity contribution in [3.63, 3.8) is 0 Å². The van der Waals surface area contributed by atoms with Crippen LogP contribution in [0.5, 0.6) is 0 Å². The average Bonchev–Trinajstić information content (AvgIpc) is 2.59. The summed E-state index contributed by atoms with van der Waals surface area (Å²) in [6, 6.07) is 10.2. The molecule has 0 saturated carbocycles. The molecule has 0 spiro atoms. The summed E-state index contributed by atoms with van der Waals surface area (Å²) in [5.41, 5.74) is 2.08. The summed E-state index contributed by atoms with van der Waals surface area (Å²) < 4.78 is 13.7. The van der Waals surface area contributed by atoms with Crippen LogP contribution in [0.25, 0.3) is 11.3 Å². The summed E-state index contributed by atoms with van der Waals surface area (Å²) in [5.74, 6) is -0.432. The number of carbonyl (C=O) groups excluding carboxylic acids is 2. The first-order valence-electron chi connectivity index (χ1n) is 8.18. The molecule has 1 aliphatic heterocycles. The highest BCUT2D eigenvalue weighted by atomic mass is 19.1. The van der Waals surface area contributed by atoms with Crippen LogP contribution in [0.1, 0.15) is 31.2 Å². The zero-order valence-electron chi connectivity index (χ0n) is 13.4. The number of hydrogen-bond acceptors (Lipinski definition) is 3. The smallest absolute Gasteiger partial charge is 0.229 e. The van der Waals surface area contributed by atoms with Crippen molar-refractivity contribution in [1.82, 2.24) is 9.88 Å². The van der Waals surface area contributed by atoms with Crippen LogP contribution >= 0.6 is 0 Å². The number of halogens is 1. The van der Waals surface area contributed by atoms with Crippen molar-refractivity contribution < 1.29 is 14.0 Å². The van der Waals surface area contributed by atoms with E-state index in [-0.39, 0.29) is 17.6 Å². The van der Waals surface area contributed by atoms with Crippen molar-refractivity contribution in [3.05, 3.63) is 54.0 Å². The molecule has 1 aromatic heterocycles. The number of nitrogens with zero attached hydrogens (tertiary/aromatic N) is 2. The second-order valence-corrected chi connectivity index (χ2v) is 5.93. The maximum Gasteiger partial charge on any atom is 0.229 e. The summed E-state index contributed by atoms with van der Waals surface area (Å²) in [6.45, 7) is 0.451. The number of aromatic nitrogens is 1. The Morgan fingerprint density at radius 2 is 1.79 bits per heavy atom. The maximum atomic E-state index is 13.7. The van der Waals surface area contributed by atoms with E-state index in [2.05, 4.69) is 4.98 Å². The topological polar surface area (TPSA) is 50.3 Å². The van der Waals surface area contributed by atoms with Crippen molar-refractivity contribution in [1.29, 1.82) is 0 Å². The number of hydrogen-bond donors (Lipinski definition) is 0. The molecule has 2 aromatic rings. The Labute approximate surface area is 140 Å². The standard InChI is InChI=1S/C19H19FN2O2/c20-16-7-2-1-6-15(16)17-11-10-14(13-21-17)5-4-12-22-18(23)8-3-9-19(22)24/h1-2,6-7,10-11,13H,3-5,8-9,12H2. The SMILES string of the molecule is O=C1CCCC(=O)N1CCCc1ccc(-c2ccccc2F)nc1. The lowest BCUT2D eigenvalue weighted by Gasteiger charge is -2.24. The van der Waals surface area contributed by atoms with Gasteiger partial charge in [-0.3, -0.25) is 19.5 Å². The predicted molar refractivity (Wildman–Crippen MR) is 88.5 cm³/mol. The van der Waals surface area contributed by atoms with Crippen LogP contribution in [0.4, 0.5) is 4.39 Å². The van der Waals surface area contributed by atoms with Gasteiger partial charge in [0, 0.05) is 31.1 Å². The fourth-order valence-corrected chi connectivity index (χ4v) is 2.89. The number of imide groups is 1. The van der Waals surface area contributed by atoms with Crippen LogP contribution in [-0.4, -0.2) is 28.2 Å². The van der Waals surface area contributed by atoms with E-state index < -0.39 is 0 Å². The maximum absolute atomic E-state index is 13.7. The Hall–Kier alpha value is -2.56. The van der Waals surface area contributed by atoms with Gasteiger partial charge in [-0.2, -0.15) is 0 Å². The van der Waals surface area contributed by atoms with Crippen LogP contribution in [-0.2, 0) is 16.0 Å². The molecule has 24 heavy (non-hydrogen) atoms. The summed E-state index contributed by atoms with van der Waals surface area (Å²) in [4.78, 5) is 29.2. The molecule has 0 atom stereocenters. The average molecular weight is 326 g/mol. The Balaban J connectivity index is 1.58. The number of piperidine rings is 1. The first-order chi connectivity index (χ1) is 11.6. The summed E-state index contributed by atoms with van der Waals surface area (Å²) in [6.07, 6.45) is 4.74. The minimum absolute atomic E-state index is 0.0701. The van der Waals surface area contributed by atoms with Gasteiger partial charge in [0.2, 0.25) is 11.8 Å². The molecule has 5 heteroatoms.